The average molecular weight is 660 g/mol. The number of hydrogen-bond donors (Lipinski definition) is 5. The minimum absolute atomic E-state index is 0.0877. The molecule has 0 heterocycles. The molecule has 0 aliphatic heterocycles. The van der Waals surface area contributed by atoms with Crippen LogP contribution in [0.2, 0.25) is 0 Å². The van der Waals surface area contributed by atoms with Gasteiger partial charge in [-0.05, 0) is 55.6 Å². The topological polar surface area (TPSA) is 178 Å². The van der Waals surface area contributed by atoms with Crippen LogP contribution >= 0.6 is 0 Å². The number of hydrogen-bond acceptors (Lipinski definition) is 6. The van der Waals surface area contributed by atoms with Crippen LogP contribution in [0.15, 0.2) is 36.4 Å². The Morgan fingerprint density at radius 1 is 0.809 bits per heavy atom. The van der Waals surface area contributed by atoms with Crippen LogP contribution in [-0.2, 0) is 36.8 Å². The van der Waals surface area contributed by atoms with Gasteiger partial charge in [0.15, 0.2) is 5.60 Å². The Morgan fingerprint density at radius 2 is 1.38 bits per heavy atom. The van der Waals surface area contributed by atoms with E-state index in [1.54, 1.807) is 12.1 Å². The van der Waals surface area contributed by atoms with E-state index < -0.39 is 47.8 Å². The molecule has 10 nitrogen and oxygen atoms in total. The molecule has 0 aliphatic carbocycles. The molecular weight excluding hydrogens is 602 g/mol. The zero-order valence-corrected chi connectivity index (χ0v) is 28.5. The third kappa shape index (κ3) is 17.3. The standard InChI is InChI=1S/C37H57NO9/c1-4-5-6-9-12-18-30(39)19-13-10-7-8-11-14-20-31(37(47,36(45)46)26-33(40)41)34(42)38-32(35(43)44)25-29-23-21-28(22-24-29)17-15-16-27(2)3/h14,20-24,27,31-32,47H,4-13,15-19,25-26H2,1-3H3,(H,38,42)(H,40,41)(H,43,44)(H,45,46)/b20-14+/t31-,32+,37+/m1/s1. The monoisotopic (exact) mass is 659 g/mol. The van der Waals surface area contributed by atoms with Crippen LogP contribution in [0.4, 0.5) is 0 Å². The number of aliphatic hydroxyl groups is 1. The van der Waals surface area contributed by atoms with Crippen LogP contribution in [0.1, 0.15) is 128 Å². The smallest absolute Gasteiger partial charge is 0.337 e. The van der Waals surface area contributed by atoms with Crippen molar-refractivity contribution in [2.24, 2.45) is 11.8 Å². The molecule has 5 N–H and O–H groups in total. The molecule has 3 atom stereocenters. The van der Waals surface area contributed by atoms with Gasteiger partial charge in [0.1, 0.15) is 11.8 Å². The summed E-state index contributed by atoms with van der Waals surface area (Å²) in [5.41, 5.74) is -1.24. The lowest BCUT2D eigenvalue weighted by Gasteiger charge is -2.29. The van der Waals surface area contributed by atoms with Gasteiger partial charge in [-0.15, -0.1) is 0 Å². The molecule has 0 aromatic heterocycles. The zero-order valence-electron chi connectivity index (χ0n) is 28.5. The molecule has 1 aromatic rings. The molecule has 0 saturated carbocycles. The summed E-state index contributed by atoms with van der Waals surface area (Å²) in [6.45, 7) is 6.47. The fourth-order valence-electron chi connectivity index (χ4n) is 5.49. The highest BCUT2D eigenvalue weighted by atomic mass is 16.4. The van der Waals surface area contributed by atoms with Gasteiger partial charge >= 0.3 is 17.9 Å². The summed E-state index contributed by atoms with van der Waals surface area (Å²) in [5.74, 6) is -6.96. The number of carbonyl (C=O) groups is 5. The molecule has 0 fully saturated rings. The predicted octanol–water partition coefficient (Wildman–Crippen LogP) is 6.51. The Kier molecular flexibility index (Phi) is 20.2. The van der Waals surface area contributed by atoms with Gasteiger partial charge in [0.2, 0.25) is 5.91 Å². The van der Waals surface area contributed by atoms with Gasteiger partial charge in [-0.3, -0.25) is 14.4 Å². The Labute approximate surface area is 280 Å². The third-order valence-electron chi connectivity index (χ3n) is 8.38. The number of nitrogens with one attached hydrogen (secondary N) is 1. The molecule has 0 unspecified atom stereocenters. The van der Waals surface area contributed by atoms with Crippen molar-refractivity contribution in [2.75, 3.05) is 0 Å². The van der Waals surface area contributed by atoms with Gasteiger partial charge in [-0.25, -0.2) is 9.59 Å². The van der Waals surface area contributed by atoms with E-state index in [0.717, 1.165) is 69.4 Å². The van der Waals surface area contributed by atoms with Crippen LogP contribution in [0.25, 0.3) is 0 Å². The molecule has 47 heavy (non-hydrogen) atoms. The Hall–Kier alpha value is -3.53. The maximum atomic E-state index is 13.3. The highest BCUT2D eigenvalue weighted by molar-refractivity contribution is 5.94. The van der Waals surface area contributed by atoms with Gasteiger partial charge in [-0.2, -0.15) is 0 Å². The highest BCUT2D eigenvalue weighted by Crippen LogP contribution is 2.26. The Balaban J connectivity index is 2.82. The first kappa shape index (κ1) is 41.5. The maximum Gasteiger partial charge on any atom is 0.337 e. The predicted molar refractivity (Wildman–Crippen MR) is 181 cm³/mol. The van der Waals surface area contributed by atoms with Crippen LogP contribution in [0, 0.1) is 11.8 Å². The lowest BCUT2D eigenvalue weighted by Crippen LogP contribution is -2.55. The number of rotatable bonds is 27. The first-order valence-corrected chi connectivity index (χ1v) is 17.3. The average Bonchev–Trinajstić information content (AvgIpc) is 2.99. The first-order valence-electron chi connectivity index (χ1n) is 17.3. The van der Waals surface area contributed by atoms with Gasteiger partial charge in [0, 0.05) is 19.3 Å². The molecule has 0 radical (unpaired) electrons. The molecule has 1 aromatic carbocycles. The molecule has 10 heteroatoms. The lowest BCUT2D eigenvalue weighted by atomic mass is 9.82. The molecular formula is C37H57NO9. The Bertz CT molecular complexity index is 1140. The van der Waals surface area contributed by atoms with E-state index in [1.165, 1.54) is 18.9 Å². The second kappa shape index (κ2) is 22.9. The number of benzene rings is 1. The Morgan fingerprint density at radius 3 is 1.91 bits per heavy atom. The number of Topliss-reactive ketones (excluding diaryl/α,β-unsaturated/α-hetero) is 1. The molecule has 0 aliphatic rings. The van der Waals surface area contributed by atoms with Gasteiger partial charge in [0.25, 0.3) is 0 Å². The second-order valence-electron chi connectivity index (χ2n) is 13.1. The highest BCUT2D eigenvalue weighted by Gasteiger charge is 2.49. The minimum atomic E-state index is -3.00. The number of carbonyl (C=O) groups excluding carboxylic acids is 2. The molecule has 0 spiro atoms. The van der Waals surface area contributed by atoms with Crippen molar-refractivity contribution in [2.45, 2.75) is 142 Å². The summed E-state index contributed by atoms with van der Waals surface area (Å²) < 4.78 is 0. The minimum Gasteiger partial charge on any atom is -0.481 e. The molecule has 1 amide bonds. The summed E-state index contributed by atoms with van der Waals surface area (Å²) in [4.78, 5) is 61.0. The van der Waals surface area contributed by atoms with Crippen molar-refractivity contribution in [3.05, 3.63) is 47.5 Å². The van der Waals surface area contributed by atoms with Gasteiger partial charge in [-0.1, -0.05) is 102 Å². The van der Waals surface area contributed by atoms with Gasteiger partial charge in [0.05, 0.1) is 12.3 Å². The van der Waals surface area contributed by atoms with E-state index in [0.29, 0.717) is 37.2 Å². The summed E-state index contributed by atoms with van der Waals surface area (Å²) in [5, 5.41) is 42.2. The number of allylic oxidation sites excluding steroid dienone is 1. The lowest BCUT2D eigenvalue weighted by molar-refractivity contribution is -0.172. The van der Waals surface area contributed by atoms with Crippen molar-refractivity contribution in [3.8, 4) is 0 Å². The number of carboxylic acids is 3. The molecule has 0 saturated heterocycles. The first-order chi connectivity index (χ1) is 22.3. The zero-order chi connectivity index (χ0) is 35.2. The fraction of sp³-hybridized carbons (Fsp3) is 0.649. The van der Waals surface area contributed by atoms with Crippen molar-refractivity contribution >= 4 is 29.6 Å². The SMILES string of the molecule is CCCCCCCC(=O)CCCCCC/C=C/[C@H](C(=O)N[C@@H](Cc1ccc(CCCC(C)C)cc1)C(=O)O)[C@@](O)(CC(=O)O)C(=O)O. The number of carboxylic acid groups (broad SMARTS) is 3. The van der Waals surface area contributed by atoms with Crippen molar-refractivity contribution in [3.63, 3.8) is 0 Å². The van der Waals surface area contributed by atoms with Crippen molar-refractivity contribution in [1.82, 2.24) is 5.32 Å². The second-order valence-corrected chi connectivity index (χ2v) is 13.1. The summed E-state index contributed by atoms with van der Waals surface area (Å²) >= 11 is 0. The third-order valence-corrected chi connectivity index (χ3v) is 8.38. The largest absolute Gasteiger partial charge is 0.481 e. The molecule has 264 valence electrons. The number of aryl methyl sites for hydroxylation is 1. The summed E-state index contributed by atoms with van der Waals surface area (Å²) in [6, 6.07) is 5.95. The van der Waals surface area contributed by atoms with Crippen LogP contribution in [0.3, 0.4) is 0 Å². The van der Waals surface area contributed by atoms with E-state index in [-0.39, 0.29) is 12.2 Å². The number of ketones is 1. The maximum absolute atomic E-state index is 13.3. The summed E-state index contributed by atoms with van der Waals surface area (Å²) in [7, 11) is 0. The van der Waals surface area contributed by atoms with Crippen molar-refractivity contribution in [1.29, 1.82) is 0 Å². The van der Waals surface area contributed by atoms with Gasteiger partial charge < -0.3 is 25.7 Å². The van der Waals surface area contributed by atoms with Crippen LogP contribution in [-0.4, -0.2) is 61.7 Å². The van der Waals surface area contributed by atoms with E-state index in [4.69, 9.17) is 0 Å². The molecule has 1 rings (SSSR count). The van der Waals surface area contributed by atoms with E-state index in [1.807, 2.05) is 12.1 Å². The fourth-order valence-corrected chi connectivity index (χ4v) is 5.49. The number of amides is 1. The van der Waals surface area contributed by atoms with Crippen molar-refractivity contribution < 1.29 is 44.4 Å². The molecule has 0 bridgehead atoms. The quantitative estimate of drug-likeness (QED) is 0.0520. The van der Waals surface area contributed by atoms with E-state index in [9.17, 15) is 44.4 Å². The van der Waals surface area contributed by atoms with Crippen LogP contribution in [0.5, 0.6) is 0 Å². The normalized spacial score (nSPS) is 14.1. The number of aliphatic carboxylic acids is 3. The van der Waals surface area contributed by atoms with E-state index in [2.05, 4.69) is 26.1 Å². The van der Waals surface area contributed by atoms with E-state index >= 15 is 0 Å². The van der Waals surface area contributed by atoms with Crippen LogP contribution < -0.4 is 5.32 Å². The summed E-state index contributed by atoms with van der Waals surface area (Å²) in [6.07, 6.45) is 14.5. The number of unbranched alkanes of at least 4 members (excludes halogenated alkanes) is 8.